The number of anilines is 2. The van der Waals surface area contributed by atoms with Gasteiger partial charge < -0.3 is 11.1 Å². The van der Waals surface area contributed by atoms with Gasteiger partial charge >= 0.3 is 0 Å². The molecule has 4 rings (SSSR count). The predicted octanol–water partition coefficient (Wildman–Crippen LogP) is 6.17. The number of amides is 1. The monoisotopic (exact) mass is 431 g/mol. The molecule has 0 saturated carbocycles. The molecule has 1 amide bonds. The highest BCUT2D eigenvalue weighted by Crippen LogP contribution is 2.38. The fourth-order valence-corrected chi connectivity index (χ4v) is 5.04. The fraction of sp³-hybridized carbons (Fsp3) is 0.0833. The number of thioether (sulfide) groups is 1. The number of thiazole rings is 1. The van der Waals surface area contributed by atoms with Crippen molar-refractivity contribution in [2.75, 3.05) is 11.1 Å². The summed E-state index contributed by atoms with van der Waals surface area (Å²) in [6, 6.07) is 27.3. The maximum atomic E-state index is 13.3. The van der Waals surface area contributed by atoms with E-state index in [-0.39, 0.29) is 5.91 Å². The van der Waals surface area contributed by atoms with Crippen LogP contribution in [0.15, 0.2) is 89.8 Å². The molecule has 0 aliphatic carbocycles. The highest BCUT2D eigenvalue weighted by Gasteiger charge is 2.23. The quantitative estimate of drug-likeness (QED) is 0.283. The molecule has 1 unspecified atom stereocenters. The fourth-order valence-electron chi connectivity index (χ4n) is 3.11. The van der Waals surface area contributed by atoms with Gasteiger partial charge in [0, 0.05) is 21.0 Å². The minimum Gasteiger partial charge on any atom is -0.399 e. The van der Waals surface area contributed by atoms with Crippen molar-refractivity contribution >= 4 is 39.8 Å². The minimum absolute atomic E-state index is 0.109. The SMILES string of the molecule is Cc1sc(NC(=O)C(Sc2cccc(N)c2)c2ccccc2)nc1-c1ccccc1. The molecule has 6 heteroatoms. The lowest BCUT2D eigenvalue weighted by molar-refractivity contribution is -0.115. The molecule has 0 aliphatic rings. The number of nitrogens with zero attached hydrogens (tertiary/aromatic N) is 1. The number of rotatable bonds is 6. The van der Waals surface area contributed by atoms with Crippen LogP contribution in [0, 0.1) is 6.92 Å². The third-order valence-corrected chi connectivity index (χ3v) is 6.66. The summed E-state index contributed by atoms with van der Waals surface area (Å²) in [6.07, 6.45) is 0. The van der Waals surface area contributed by atoms with Crippen molar-refractivity contribution in [2.24, 2.45) is 0 Å². The van der Waals surface area contributed by atoms with Crippen molar-refractivity contribution in [3.8, 4) is 11.3 Å². The zero-order valence-electron chi connectivity index (χ0n) is 16.4. The molecule has 4 nitrogen and oxygen atoms in total. The van der Waals surface area contributed by atoms with Gasteiger partial charge in [-0.3, -0.25) is 4.79 Å². The first-order valence-corrected chi connectivity index (χ1v) is 11.2. The Bertz CT molecular complexity index is 1140. The molecule has 1 aromatic heterocycles. The Kier molecular flexibility index (Phi) is 6.16. The summed E-state index contributed by atoms with van der Waals surface area (Å²) in [6.45, 7) is 2.02. The zero-order chi connectivity index (χ0) is 20.9. The van der Waals surface area contributed by atoms with Gasteiger partial charge in [-0.2, -0.15) is 0 Å². The number of carbonyl (C=O) groups is 1. The van der Waals surface area contributed by atoms with Crippen molar-refractivity contribution in [2.45, 2.75) is 17.1 Å². The number of nitrogen functional groups attached to an aromatic ring is 1. The molecular weight excluding hydrogens is 410 g/mol. The molecule has 150 valence electrons. The van der Waals surface area contributed by atoms with Crippen LogP contribution in [0.4, 0.5) is 10.8 Å². The summed E-state index contributed by atoms with van der Waals surface area (Å²) in [5.41, 5.74) is 9.47. The number of aryl methyl sites for hydroxylation is 1. The van der Waals surface area contributed by atoms with Crippen molar-refractivity contribution in [3.05, 3.63) is 95.4 Å². The number of carbonyl (C=O) groups excluding carboxylic acids is 1. The second kappa shape index (κ2) is 9.15. The highest BCUT2D eigenvalue weighted by molar-refractivity contribution is 8.00. The van der Waals surface area contributed by atoms with Crippen LogP contribution in [0.3, 0.4) is 0 Å². The van der Waals surface area contributed by atoms with Crippen LogP contribution >= 0.6 is 23.1 Å². The Labute approximate surface area is 184 Å². The van der Waals surface area contributed by atoms with Gasteiger partial charge in [0.05, 0.1) is 5.69 Å². The largest absolute Gasteiger partial charge is 0.399 e. The summed E-state index contributed by atoms with van der Waals surface area (Å²) >= 11 is 2.96. The molecule has 30 heavy (non-hydrogen) atoms. The van der Waals surface area contributed by atoms with Crippen molar-refractivity contribution in [3.63, 3.8) is 0 Å². The van der Waals surface area contributed by atoms with E-state index in [0.717, 1.165) is 26.6 Å². The molecule has 0 saturated heterocycles. The molecule has 0 fully saturated rings. The van der Waals surface area contributed by atoms with Gasteiger partial charge in [0.1, 0.15) is 5.25 Å². The van der Waals surface area contributed by atoms with Gasteiger partial charge in [0.25, 0.3) is 0 Å². The molecule has 4 aromatic rings. The molecule has 0 radical (unpaired) electrons. The number of nitrogens with one attached hydrogen (secondary N) is 1. The Hall–Kier alpha value is -3.09. The Morgan fingerprint density at radius 2 is 1.70 bits per heavy atom. The molecule has 0 bridgehead atoms. The first-order valence-electron chi connectivity index (χ1n) is 9.51. The molecular formula is C24H21N3OS2. The van der Waals surface area contributed by atoms with Crippen LogP contribution in [0.25, 0.3) is 11.3 Å². The van der Waals surface area contributed by atoms with Gasteiger partial charge in [0.15, 0.2) is 5.13 Å². The van der Waals surface area contributed by atoms with Crippen molar-refractivity contribution in [1.29, 1.82) is 0 Å². The summed E-state index contributed by atoms with van der Waals surface area (Å²) in [5.74, 6) is -0.109. The van der Waals surface area contributed by atoms with E-state index in [9.17, 15) is 4.79 Å². The molecule has 0 aliphatic heterocycles. The van der Waals surface area contributed by atoms with Crippen LogP contribution in [0.5, 0.6) is 0 Å². The normalized spacial score (nSPS) is 11.8. The van der Waals surface area contributed by atoms with E-state index in [4.69, 9.17) is 5.73 Å². The van der Waals surface area contributed by atoms with Crippen LogP contribution in [0.2, 0.25) is 0 Å². The van der Waals surface area contributed by atoms with Crippen LogP contribution < -0.4 is 11.1 Å². The van der Waals surface area contributed by atoms with E-state index < -0.39 is 5.25 Å². The maximum absolute atomic E-state index is 13.3. The van der Waals surface area contributed by atoms with E-state index in [2.05, 4.69) is 10.3 Å². The number of hydrogen-bond donors (Lipinski definition) is 2. The number of hydrogen-bond acceptors (Lipinski definition) is 5. The topological polar surface area (TPSA) is 68.0 Å². The van der Waals surface area contributed by atoms with E-state index >= 15 is 0 Å². The Morgan fingerprint density at radius 1 is 1.00 bits per heavy atom. The molecule has 0 spiro atoms. The second-order valence-electron chi connectivity index (χ2n) is 6.76. The number of aromatic nitrogens is 1. The van der Waals surface area contributed by atoms with Gasteiger partial charge in [-0.15, -0.1) is 23.1 Å². The van der Waals surface area contributed by atoms with E-state index in [1.54, 1.807) is 0 Å². The van der Waals surface area contributed by atoms with E-state index in [1.165, 1.54) is 23.1 Å². The Morgan fingerprint density at radius 3 is 2.40 bits per heavy atom. The smallest absolute Gasteiger partial charge is 0.244 e. The number of nitrogens with two attached hydrogens (primary N) is 1. The van der Waals surface area contributed by atoms with Gasteiger partial charge in [0.2, 0.25) is 5.91 Å². The van der Waals surface area contributed by atoms with Crippen LogP contribution in [-0.4, -0.2) is 10.9 Å². The zero-order valence-corrected chi connectivity index (χ0v) is 18.0. The average molecular weight is 432 g/mol. The first kappa shape index (κ1) is 20.2. The first-order chi connectivity index (χ1) is 14.6. The molecule has 1 atom stereocenters. The maximum Gasteiger partial charge on any atom is 0.244 e. The molecule has 3 N–H and O–H groups in total. The standard InChI is InChI=1S/C24H21N3OS2/c1-16-21(17-9-4-2-5-10-17)26-24(29-16)27-23(28)22(18-11-6-3-7-12-18)30-20-14-8-13-19(25)15-20/h2-15,22H,25H2,1H3,(H,26,27,28). The van der Waals surface area contributed by atoms with Crippen molar-refractivity contribution in [1.82, 2.24) is 4.98 Å². The number of benzene rings is 3. The van der Waals surface area contributed by atoms with Crippen LogP contribution in [0.1, 0.15) is 15.7 Å². The predicted molar refractivity (Wildman–Crippen MR) is 127 cm³/mol. The Balaban J connectivity index is 1.59. The summed E-state index contributed by atoms with van der Waals surface area (Å²) in [7, 11) is 0. The third-order valence-electron chi connectivity index (χ3n) is 4.53. The van der Waals surface area contributed by atoms with Crippen LogP contribution in [-0.2, 0) is 4.79 Å². The minimum atomic E-state index is -0.419. The third kappa shape index (κ3) is 4.72. The molecule has 1 heterocycles. The van der Waals surface area contributed by atoms with Crippen molar-refractivity contribution < 1.29 is 4.79 Å². The van der Waals surface area contributed by atoms with Gasteiger partial charge in [-0.25, -0.2) is 4.98 Å². The lowest BCUT2D eigenvalue weighted by Gasteiger charge is -2.16. The van der Waals surface area contributed by atoms with E-state index in [0.29, 0.717) is 10.8 Å². The average Bonchev–Trinajstić information content (AvgIpc) is 3.13. The van der Waals surface area contributed by atoms with Gasteiger partial charge in [-0.1, -0.05) is 66.7 Å². The highest BCUT2D eigenvalue weighted by atomic mass is 32.2. The summed E-state index contributed by atoms with van der Waals surface area (Å²) < 4.78 is 0. The van der Waals surface area contributed by atoms with Gasteiger partial charge in [-0.05, 0) is 30.7 Å². The lowest BCUT2D eigenvalue weighted by Crippen LogP contribution is -2.19. The van der Waals surface area contributed by atoms with E-state index in [1.807, 2.05) is 91.9 Å². The summed E-state index contributed by atoms with van der Waals surface area (Å²) in [4.78, 5) is 19.9. The second-order valence-corrected chi connectivity index (χ2v) is 9.14. The summed E-state index contributed by atoms with van der Waals surface area (Å²) in [5, 5.41) is 3.21. The molecule has 3 aromatic carbocycles. The lowest BCUT2D eigenvalue weighted by atomic mass is 10.1.